The number of anilines is 1. The second-order valence-electron chi connectivity index (χ2n) is 5.45. The molecule has 0 aliphatic carbocycles. The van der Waals surface area contributed by atoms with Crippen LogP contribution in [0.1, 0.15) is 35.2 Å². The molecule has 5 nitrogen and oxygen atoms in total. The molecule has 0 aromatic heterocycles. The van der Waals surface area contributed by atoms with Crippen LogP contribution in [-0.4, -0.2) is 41.2 Å². The maximum atomic E-state index is 12.3. The Kier molecular flexibility index (Phi) is 3.34. The summed E-state index contributed by atoms with van der Waals surface area (Å²) in [4.78, 5) is 27.5. The monoisotopic (exact) mass is 273 g/mol. The summed E-state index contributed by atoms with van der Waals surface area (Å²) in [5, 5.41) is 0. The fourth-order valence-corrected chi connectivity index (χ4v) is 3.02. The molecule has 0 unspecified atom stereocenters. The van der Waals surface area contributed by atoms with Gasteiger partial charge in [-0.25, -0.2) is 0 Å². The van der Waals surface area contributed by atoms with Gasteiger partial charge in [-0.2, -0.15) is 0 Å². The Morgan fingerprint density at radius 1 is 1.15 bits per heavy atom. The van der Waals surface area contributed by atoms with E-state index in [9.17, 15) is 9.59 Å². The van der Waals surface area contributed by atoms with E-state index in [1.807, 2.05) is 21.9 Å². The van der Waals surface area contributed by atoms with Crippen molar-refractivity contribution in [2.45, 2.75) is 25.8 Å². The zero-order valence-electron chi connectivity index (χ0n) is 11.5. The number of hydrogen-bond donors (Lipinski definition) is 1. The van der Waals surface area contributed by atoms with Gasteiger partial charge < -0.3 is 15.5 Å². The molecule has 1 saturated heterocycles. The molecule has 0 spiro atoms. The van der Waals surface area contributed by atoms with E-state index in [2.05, 4.69) is 0 Å². The van der Waals surface area contributed by atoms with Gasteiger partial charge in [-0.05, 0) is 24.5 Å². The summed E-state index contributed by atoms with van der Waals surface area (Å²) in [7, 11) is 0. The lowest BCUT2D eigenvalue weighted by molar-refractivity contribution is -0.127. The van der Waals surface area contributed by atoms with Crippen LogP contribution in [0.4, 0.5) is 5.69 Å². The number of fused-ring (bicyclic) bond motifs is 1. The van der Waals surface area contributed by atoms with Gasteiger partial charge in [0, 0.05) is 38.3 Å². The van der Waals surface area contributed by atoms with Crippen LogP contribution in [0.15, 0.2) is 18.2 Å². The van der Waals surface area contributed by atoms with Crippen LogP contribution < -0.4 is 5.73 Å². The van der Waals surface area contributed by atoms with Crippen molar-refractivity contribution in [3.63, 3.8) is 0 Å². The van der Waals surface area contributed by atoms with E-state index in [1.54, 1.807) is 6.07 Å². The minimum absolute atomic E-state index is 0.0193. The molecular weight excluding hydrogens is 254 g/mol. The maximum absolute atomic E-state index is 12.3. The molecule has 3 rings (SSSR count). The second-order valence-corrected chi connectivity index (χ2v) is 5.45. The number of nitrogens with two attached hydrogens (primary N) is 1. The summed E-state index contributed by atoms with van der Waals surface area (Å²) < 4.78 is 0. The van der Waals surface area contributed by atoms with Gasteiger partial charge in [0.15, 0.2) is 0 Å². The molecule has 2 aliphatic heterocycles. The Bertz CT molecular complexity index is 556. The minimum atomic E-state index is 0.0193. The fourth-order valence-electron chi connectivity index (χ4n) is 3.02. The van der Waals surface area contributed by atoms with Crippen LogP contribution >= 0.6 is 0 Å². The molecule has 106 valence electrons. The molecular formula is C15H19N3O2. The van der Waals surface area contributed by atoms with Crippen LogP contribution in [-0.2, 0) is 11.3 Å². The quantitative estimate of drug-likeness (QED) is 0.839. The maximum Gasteiger partial charge on any atom is 0.256 e. The zero-order chi connectivity index (χ0) is 14.1. The molecule has 1 aromatic carbocycles. The molecule has 0 saturated carbocycles. The molecule has 5 heteroatoms. The van der Waals surface area contributed by atoms with Crippen molar-refractivity contribution in [2.75, 3.05) is 25.4 Å². The number of nitrogen functional groups attached to an aromatic ring is 1. The highest BCUT2D eigenvalue weighted by Crippen LogP contribution is 2.27. The van der Waals surface area contributed by atoms with Gasteiger partial charge in [0.05, 0.1) is 5.56 Å². The van der Waals surface area contributed by atoms with Crippen molar-refractivity contribution in [1.82, 2.24) is 9.80 Å². The molecule has 0 bridgehead atoms. The lowest BCUT2D eigenvalue weighted by Crippen LogP contribution is -2.31. The summed E-state index contributed by atoms with van der Waals surface area (Å²) in [5.41, 5.74) is 8.09. The van der Waals surface area contributed by atoms with Crippen molar-refractivity contribution in [3.05, 3.63) is 29.3 Å². The van der Waals surface area contributed by atoms with Crippen molar-refractivity contribution in [3.8, 4) is 0 Å². The predicted octanol–water partition coefficient (Wildman–Crippen LogP) is 1.24. The first-order chi connectivity index (χ1) is 9.66. The molecule has 20 heavy (non-hydrogen) atoms. The summed E-state index contributed by atoms with van der Waals surface area (Å²) in [6.07, 6.45) is 2.46. The summed E-state index contributed by atoms with van der Waals surface area (Å²) in [6, 6.07) is 5.60. The van der Waals surface area contributed by atoms with E-state index in [0.29, 0.717) is 30.8 Å². The number of carbonyl (C=O) groups excluding carboxylic acids is 2. The molecule has 2 aliphatic rings. The van der Waals surface area contributed by atoms with Gasteiger partial charge in [-0.3, -0.25) is 9.59 Å². The molecule has 2 amide bonds. The van der Waals surface area contributed by atoms with Crippen molar-refractivity contribution < 1.29 is 9.59 Å². The first-order valence-corrected chi connectivity index (χ1v) is 7.11. The molecule has 1 fully saturated rings. The summed E-state index contributed by atoms with van der Waals surface area (Å²) in [6.45, 7) is 2.91. The highest BCUT2D eigenvalue weighted by molar-refractivity contribution is 6.03. The SMILES string of the molecule is Nc1cccc2c1C(=O)N(CCCN1CCCC1=O)C2. The molecule has 2 N–H and O–H groups in total. The first kappa shape index (κ1) is 13.0. The first-order valence-electron chi connectivity index (χ1n) is 7.11. The summed E-state index contributed by atoms with van der Waals surface area (Å²) in [5.74, 6) is 0.260. The molecule has 1 aromatic rings. The standard InChI is InChI=1S/C15H19N3O2/c16-12-5-1-4-11-10-18(15(20)14(11)12)9-3-8-17-7-2-6-13(17)19/h1,4-5H,2-3,6-10,16H2. The third-order valence-corrected chi connectivity index (χ3v) is 4.07. The van der Waals surface area contributed by atoms with Crippen LogP contribution in [0.5, 0.6) is 0 Å². The van der Waals surface area contributed by atoms with Gasteiger partial charge in [0.2, 0.25) is 5.91 Å². The fraction of sp³-hybridized carbons (Fsp3) is 0.467. The third kappa shape index (κ3) is 2.24. The van der Waals surface area contributed by atoms with Crippen molar-refractivity contribution in [2.24, 2.45) is 0 Å². The van der Waals surface area contributed by atoms with Crippen molar-refractivity contribution >= 4 is 17.5 Å². The van der Waals surface area contributed by atoms with Crippen molar-refractivity contribution in [1.29, 1.82) is 0 Å². The van der Waals surface area contributed by atoms with Gasteiger partial charge in [0.25, 0.3) is 5.91 Å². The van der Waals surface area contributed by atoms with E-state index in [0.717, 1.165) is 31.5 Å². The molecule has 0 atom stereocenters. The van der Waals surface area contributed by atoms with Gasteiger partial charge in [-0.15, -0.1) is 0 Å². The number of benzene rings is 1. The Hall–Kier alpha value is -2.04. The van der Waals surface area contributed by atoms with E-state index in [1.165, 1.54) is 0 Å². The van der Waals surface area contributed by atoms with Gasteiger partial charge >= 0.3 is 0 Å². The highest BCUT2D eigenvalue weighted by Gasteiger charge is 2.29. The van der Waals surface area contributed by atoms with Gasteiger partial charge in [0.1, 0.15) is 0 Å². The smallest absolute Gasteiger partial charge is 0.256 e. The minimum Gasteiger partial charge on any atom is -0.398 e. The predicted molar refractivity (Wildman–Crippen MR) is 76.0 cm³/mol. The van der Waals surface area contributed by atoms with E-state index in [4.69, 9.17) is 5.73 Å². The third-order valence-electron chi connectivity index (χ3n) is 4.07. The van der Waals surface area contributed by atoms with Crippen LogP contribution in [0.3, 0.4) is 0 Å². The lowest BCUT2D eigenvalue weighted by atomic mass is 10.1. The van der Waals surface area contributed by atoms with E-state index < -0.39 is 0 Å². The highest BCUT2D eigenvalue weighted by atomic mass is 16.2. The van der Waals surface area contributed by atoms with Crippen LogP contribution in [0, 0.1) is 0 Å². The summed E-state index contributed by atoms with van der Waals surface area (Å²) >= 11 is 0. The number of amides is 2. The Balaban J connectivity index is 1.57. The Morgan fingerprint density at radius 2 is 1.95 bits per heavy atom. The van der Waals surface area contributed by atoms with Crippen LogP contribution in [0.25, 0.3) is 0 Å². The Morgan fingerprint density at radius 3 is 2.65 bits per heavy atom. The number of nitrogens with zero attached hydrogens (tertiary/aromatic N) is 2. The van der Waals surface area contributed by atoms with E-state index in [-0.39, 0.29) is 11.8 Å². The van der Waals surface area contributed by atoms with E-state index >= 15 is 0 Å². The largest absolute Gasteiger partial charge is 0.398 e. The van der Waals surface area contributed by atoms with Crippen LogP contribution in [0.2, 0.25) is 0 Å². The molecule has 0 radical (unpaired) electrons. The lowest BCUT2D eigenvalue weighted by Gasteiger charge is -2.19. The number of hydrogen-bond acceptors (Lipinski definition) is 3. The second kappa shape index (κ2) is 5.15. The zero-order valence-corrected chi connectivity index (χ0v) is 11.5. The topological polar surface area (TPSA) is 66.6 Å². The number of likely N-dealkylation sites (tertiary alicyclic amines) is 1. The average molecular weight is 273 g/mol. The van der Waals surface area contributed by atoms with Gasteiger partial charge in [-0.1, -0.05) is 12.1 Å². The average Bonchev–Trinajstić information content (AvgIpc) is 2.96. The number of rotatable bonds is 4. The Labute approximate surface area is 118 Å². The molecule has 2 heterocycles. The normalized spacial score (nSPS) is 18.0. The number of carbonyl (C=O) groups is 2.